The third-order valence-electron chi connectivity index (χ3n) is 3.24. The standard InChI is InChI=1S/C16H14N4.CHF3O3S.H2O/c1-4-10-17-14(7-1)13-20(15-8-2-5-11-18-15)16-9-3-6-12-19-16;2-1(3,4)8(5,6)7;/h1-12H,13H2;(H,5,6,7);1H2. The van der Waals surface area contributed by atoms with E-state index in [1.165, 1.54) is 0 Å². The van der Waals surface area contributed by atoms with Crippen molar-refractivity contribution in [1.82, 2.24) is 9.97 Å². The van der Waals surface area contributed by atoms with E-state index in [1.807, 2.05) is 60.8 Å². The second kappa shape index (κ2) is 10.5. The number of nitrogens with one attached hydrogen (secondary N) is 1. The third kappa shape index (κ3) is 7.44. The number of hydrogen-bond acceptors (Lipinski definition) is 6. The molecular formula is C17H17F3N4O4S. The van der Waals surface area contributed by atoms with Crippen molar-refractivity contribution in [3.63, 3.8) is 0 Å². The van der Waals surface area contributed by atoms with Crippen LogP contribution in [0.4, 0.5) is 24.8 Å². The highest BCUT2D eigenvalue weighted by Crippen LogP contribution is 2.21. The van der Waals surface area contributed by atoms with Crippen molar-refractivity contribution in [2.45, 2.75) is 12.1 Å². The Hall–Kier alpha value is -3.09. The molecule has 8 nitrogen and oxygen atoms in total. The van der Waals surface area contributed by atoms with Gasteiger partial charge in [0.2, 0.25) is 5.82 Å². The Labute approximate surface area is 164 Å². The van der Waals surface area contributed by atoms with Crippen LogP contribution >= 0.6 is 0 Å². The molecule has 0 aliphatic heterocycles. The Balaban J connectivity index is 0.000000403. The first-order chi connectivity index (χ1) is 13.2. The number of alkyl halides is 3. The van der Waals surface area contributed by atoms with Crippen molar-refractivity contribution in [3.05, 3.63) is 78.9 Å². The molecule has 3 aromatic heterocycles. The average molecular weight is 430 g/mol. The molecule has 0 aliphatic rings. The van der Waals surface area contributed by atoms with Gasteiger partial charge in [0.25, 0.3) is 5.82 Å². The molecule has 3 N–H and O–H groups in total. The van der Waals surface area contributed by atoms with Gasteiger partial charge in [0.1, 0.15) is 6.54 Å². The molecule has 0 atom stereocenters. The maximum Gasteiger partial charge on any atom is 0.485 e. The minimum Gasteiger partial charge on any atom is -0.741 e. The zero-order chi connectivity index (χ0) is 20.6. The number of halogens is 3. The predicted octanol–water partition coefficient (Wildman–Crippen LogP) is 1.86. The first-order valence-corrected chi connectivity index (χ1v) is 9.16. The number of rotatable bonds is 4. The second-order valence-electron chi connectivity index (χ2n) is 5.24. The van der Waals surface area contributed by atoms with Gasteiger partial charge in [-0.25, -0.2) is 23.3 Å². The summed E-state index contributed by atoms with van der Waals surface area (Å²) in [5.74, 6) is 1.87. The molecule has 0 saturated heterocycles. The number of nitrogens with zero attached hydrogens (tertiary/aromatic N) is 3. The quantitative estimate of drug-likeness (QED) is 0.458. The molecule has 0 radical (unpaired) electrons. The summed E-state index contributed by atoms with van der Waals surface area (Å²) < 4.78 is 58.9. The van der Waals surface area contributed by atoms with Crippen molar-refractivity contribution in [2.75, 3.05) is 4.90 Å². The van der Waals surface area contributed by atoms with Crippen LogP contribution in [0.15, 0.2) is 73.2 Å². The second-order valence-corrected chi connectivity index (χ2v) is 6.61. The minimum absolute atomic E-state index is 0. The third-order valence-corrected chi connectivity index (χ3v) is 3.81. The topological polar surface area (TPSA) is 132 Å². The maximum absolute atomic E-state index is 10.7. The van der Waals surface area contributed by atoms with E-state index in [0.29, 0.717) is 6.54 Å². The Kier molecular flexibility index (Phi) is 8.63. The first kappa shape index (κ1) is 23.9. The summed E-state index contributed by atoms with van der Waals surface area (Å²) in [6.45, 7) is 0.665. The molecule has 0 spiro atoms. The van der Waals surface area contributed by atoms with Gasteiger partial charge in [-0.3, -0.25) is 4.98 Å². The molecule has 3 aromatic rings. The van der Waals surface area contributed by atoms with Crippen molar-refractivity contribution >= 4 is 21.8 Å². The van der Waals surface area contributed by atoms with E-state index in [0.717, 1.165) is 17.3 Å². The lowest BCUT2D eigenvalue weighted by atomic mass is 10.3. The van der Waals surface area contributed by atoms with E-state index in [1.54, 1.807) is 12.4 Å². The number of pyridine rings is 3. The number of aromatic amines is 1. The van der Waals surface area contributed by atoms with Gasteiger partial charge in [-0.15, -0.1) is 0 Å². The Morgan fingerprint density at radius 3 is 2.00 bits per heavy atom. The highest BCUT2D eigenvalue weighted by atomic mass is 32.2. The van der Waals surface area contributed by atoms with Gasteiger partial charge >= 0.3 is 5.51 Å². The summed E-state index contributed by atoms with van der Waals surface area (Å²) in [6, 6.07) is 17.8. The number of aromatic nitrogens is 3. The Morgan fingerprint density at radius 2 is 1.55 bits per heavy atom. The largest absolute Gasteiger partial charge is 0.741 e. The molecule has 156 valence electrons. The van der Waals surface area contributed by atoms with Gasteiger partial charge in [0, 0.05) is 24.5 Å². The van der Waals surface area contributed by atoms with Crippen molar-refractivity contribution in [1.29, 1.82) is 0 Å². The van der Waals surface area contributed by atoms with Gasteiger partial charge in [0.05, 0.1) is 11.9 Å². The number of anilines is 2. The molecule has 3 rings (SSSR count). The lowest BCUT2D eigenvalue weighted by molar-refractivity contribution is -0.363. The smallest absolute Gasteiger partial charge is 0.485 e. The van der Waals surface area contributed by atoms with Crippen molar-refractivity contribution in [2.24, 2.45) is 0 Å². The summed E-state index contributed by atoms with van der Waals surface area (Å²) in [5.41, 5.74) is -4.65. The van der Waals surface area contributed by atoms with Crippen LogP contribution < -0.4 is 9.88 Å². The first-order valence-electron chi connectivity index (χ1n) is 7.76. The van der Waals surface area contributed by atoms with Gasteiger partial charge in [-0.2, -0.15) is 13.2 Å². The van der Waals surface area contributed by atoms with Gasteiger partial charge < -0.3 is 10.0 Å². The van der Waals surface area contributed by atoms with Crippen LogP contribution in [0, 0.1) is 0 Å². The van der Waals surface area contributed by atoms with E-state index in [4.69, 9.17) is 13.0 Å². The normalized spacial score (nSPS) is 10.9. The van der Waals surface area contributed by atoms with E-state index in [2.05, 4.69) is 19.9 Å². The highest BCUT2D eigenvalue weighted by Gasteiger charge is 2.36. The molecule has 0 aromatic carbocycles. The Bertz CT molecular complexity index is 921. The van der Waals surface area contributed by atoms with Crippen molar-refractivity contribution in [3.8, 4) is 0 Å². The van der Waals surface area contributed by atoms with Crippen molar-refractivity contribution < 1.29 is 36.6 Å². The van der Waals surface area contributed by atoms with E-state index >= 15 is 0 Å². The van der Waals surface area contributed by atoms with Crippen LogP contribution in [0.25, 0.3) is 0 Å². The monoisotopic (exact) mass is 430 g/mol. The van der Waals surface area contributed by atoms with Crippen LogP contribution in [-0.2, 0) is 16.7 Å². The fourth-order valence-electron chi connectivity index (χ4n) is 2.01. The average Bonchev–Trinajstić information content (AvgIpc) is 2.67. The minimum atomic E-state index is -6.09. The fourth-order valence-corrected chi connectivity index (χ4v) is 2.01. The number of H-pyrrole nitrogens is 1. The zero-order valence-electron chi connectivity index (χ0n) is 14.7. The molecule has 0 fully saturated rings. The summed E-state index contributed by atoms with van der Waals surface area (Å²) in [4.78, 5) is 14.2. The SMILES string of the molecule is O.O=S(=O)([O-])C(F)(F)F.c1ccc(CN(c2ccccn2)c2cccc[nH+]2)nc1. The molecule has 12 heteroatoms. The zero-order valence-corrected chi connectivity index (χ0v) is 15.6. The van der Waals surface area contributed by atoms with Gasteiger partial charge in [-0.05, 0) is 24.3 Å². The van der Waals surface area contributed by atoms with Crippen LogP contribution in [0.2, 0.25) is 0 Å². The molecule has 29 heavy (non-hydrogen) atoms. The molecule has 3 heterocycles. The summed E-state index contributed by atoms with van der Waals surface area (Å²) in [6.07, 6.45) is 5.51. The van der Waals surface area contributed by atoms with Crippen LogP contribution in [-0.4, -0.2) is 33.9 Å². The highest BCUT2D eigenvalue weighted by molar-refractivity contribution is 7.86. The summed E-state index contributed by atoms with van der Waals surface area (Å²) >= 11 is 0. The molecule has 0 bridgehead atoms. The Morgan fingerprint density at radius 1 is 0.966 bits per heavy atom. The molecule has 0 saturated carbocycles. The van der Waals surface area contributed by atoms with E-state index < -0.39 is 15.6 Å². The molecular weight excluding hydrogens is 413 g/mol. The van der Waals surface area contributed by atoms with E-state index in [-0.39, 0.29) is 5.48 Å². The lowest BCUT2D eigenvalue weighted by Gasteiger charge is -2.14. The summed E-state index contributed by atoms with van der Waals surface area (Å²) in [7, 11) is -6.09. The van der Waals surface area contributed by atoms with E-state index in [9.17, 15) is 13.2 Å². The predicted molar refractivity (Wildman–Crippen MR) is 96.7 cm³/mol. The van der Waals surface area contributed by atoms with Gasteiger partial charge in [0.15, 0.2) is 10.1 Å². The molecule has 0 aliphatic carbocycles. The molecule has 0 amide bonds. The summed E-state index contributed by atoms with van der Waals surface area (Å²) in [5, 5.41) is 0. The fraction of sp³-hybridized carbons (Fsp3) is 0.118. The van der Waals surface area contributed by atoms with Crippen LogP contribution in [0.3, 0.4) is 0 Å². The molecule has 0 unspecified atom stereocenters. The van der Waals surface area contributed by atoms with Crippen LogP contribution in [0.1, 0.15) is 5.69 Å². The number of hydrogen-bond donors (Lipinski definition) is 0. The van der Waals surface area contributed by atoms with Gasteiger partial charge in [-0.1, -0.05) is 18.2 Å². The van der Waals surface area contributed by atoms with Crippen LogP contribution in [0.5, 0.6) is 0 Å². The maximum atomic E-state index is 10.7. The lowest BCUT2D eigenvalue weighted by Crippen LogP contribution is -2.24.